The minimum atomic E-state index is -0.303. The van der Waals surface area contributed by atoms with Crippen LogP contribution in [0.25, 0.3) is 5.82 Å². The first-order chi connectivity index (χ1) is 11.1. The summed E-state index contributed by atoms with van der Waals surface area (Å²) in [4.78, 5) is 8.31. The first-order valence-corrected chi connectivity index (χ1v) is 7.02. The van der Waals surface area contributed by atoms with Crippen molar-refractivity contribution in [2.45, 2.75) is 13.8 Å². The van der Waals surface area contributed by atoms with Gasteiger partial charge in [0.25, 0.3) is 0 Å². The molecule has 0 unspecified atom stereocenters. The second-order valence-electron chi connectivity index (χ2n) is 5.03. The van der Waals surface area contributed by atoms with Crippen LogP contribution in [0.1, 0.15) is 17.0 Å². The number of rotatable bonds is 4. The molecule has 1 N–H and O–H groups in total. The number of anilines is 1. The molecule has 0 radical (unpaired) electrons. The van der Waals surface area contributed by atoms with Crippen molar-refractivity contribution in [2.24, 2.45) is 5.10 Å². The topological polar surface area (TPSA) is 68.0 Å². The van der Waals surface area contributed by atoms with E-state index in [2.05, 4.69) is 25.6 Å². The zero-order chi connectivity index (χ0) is 16.2. The van der Waals surface area contributed by atoms with E-state index in [1.807, 2.05) is 19.9 Å². The lowest BCUT2D eigenvalue weighted by molar-refractivity contribution is 0.627. The Morgan fingerprint density at radius 1 is 1.17 bits per heavy atom. The van der Waals surface area contributed by atoms with Crippen molar-refractivity contribution in [3.8, 4) is 5.82 Å². The smallest absolute Gasteiger partial charge is 0.159 e. The van der Waals surface area contributed by atoms with E-state index >= 15 is 0 Å². The van der Waals surface area contributed by atoms with E-state index in [1.165, 1.54) is 24.7 Å². The van der Waals surface area contributed by atoms with Gasteiger partial charge in [-0.05, 0) is 37.6 Å². The molecule has 2 aromatic heterocycles. The van der Waals surface area contributed by atoms with E-state index in [-0.39, 0.29) is 5.82 Å². The van der Waals surface area contributed by atoms with Crippen molar-refractivity contribution in [1.82, 2.24) is 19.7 Å². The fourth-order valence-electron chi connectivity index (χ4n) is 2.14. The van der Waals surface area contributed by atoms with Gasteiger partial charge in [0, 0.05) is 11.8 Å². The van der Waals surface area contributed by atoms with Crippen LogP contribution in [0.15, 0.2) is 47.8 Å². The van der Waals surface area contributed by atoms with E-state index < -0.39 is 0 Å². The van der Waals surface area contributed by atoms with Crippen molar-refractivity contribution in [1.29, 1.82) is 0 Å². The monoisotopic (exact) mass is 310 g/mol. The van der Waals surface area contributed by atoms with Gasteiger partial charge in [-0.15, -0.1) is 0 Å². The highest BCUT2D eigenvalue weighted by Gasteiger charge is 2.06. The van der Waals surface area contributed by atoms with Crippen molar-refractivity contribution < 1.29 is 4.39 Å². The normalized spacial score (nSPS) is 11.1. The van der Waals surface area contributed by atoms with Gasteiger partial charge in [0.2, 0.25) is 0 Å². The Labute approximate surface area is 132 Å². The minimum absolute atomic E-state index is 0.303. The van der Waals surface area contributed by atoms with Crippen LogP contribution in [-0.2, 0) is 0 Å². The number of nitrogens with one attached hydrogen (secondary N) is 1. The molecule has 0 saturated carbocycles. The van der Waals surface area contributed by atoms with Crippen LogP contribution in [0, 0.1) is 19.7 Å². The number of aryl methyl sites for hydroxylation is 2. The van der Waals surface area contributed by atoms with Gasteiger partial charge >= 0.3 is 0 Å². The van der Waals surface area contributed by atoms with E-state index in [0.29, 0.717) is 17.2 Å². The van der Waals surface area contributed by atoms with Crippen LogP contribution in [0.2, 0.25) is 0 Å². The molecule has 0 atom stereocenters. The molecule has 1 aromatic carbocycles. The zero-order valence-corrected chi connectivity index (χ0v) is 12.7. The van der Waals surface area contributed by atoms with Crippen LogP contribution < -0.4 is 5.43 Å². The molecular formula is C16H15FN6. The third-order valence-electron chi connectivity index (χ3n) is 3.12. The van der Waals surface area contributed by atoms with Crippen LogP contribution in [0.5, 0.6) is 0 Å². The standard InChI is InChI=1S/C16H15FN6/c1-11-6-12(2)23(22-11)16-8-15(18-10-19-16)21-20-9-13-4-3-5-14(17)7-13/h3-10H,1-2H3,(H,18,19,21)/b20-9-. The highest BCUT2D eigenvalue weighted by Crippen LogP contribution is 2.12. The average Bonchev–Trinajstić information content (AvgIpc) is 2.86. The summed E-state index contributed by atoms with van der Waals surface area (Å²) in [6.07, 6.45) is 2.96. The Hall–Kier alpha value is -3.09. The second-order valence-corrected chi connectivity index (χ2v) is 5.03. The molecule has 6 nitrogen and oxygen atoms in total. The summed E-state index contributed by atoms with van der Waals surface area (Å²) in [7, 11) is 0. The predicted octanol–water partition coefficient (Wildman–Crippen LogP) is 2.86. The lowest BCUT2D eigenvalue weighted by atomic mass is 10.2. The maximum atomic E-state index is 13.1. The molecule has 3 aromatic rings. The van der Waals surface area contributed by atoms with Crippen LogP contribution in [0.3, 0.4) is 0 Å². The van der Waals surface area contributed by atoms with Crippen molar-refractivity contribution in [2.75, 3.05) is 5.43 Å². The van der Waals surface area contributed by atoms with Crippen LogP contribution in [-0.4, -0.2) is 26.0 Å². The van der Waals surface area contributed by atoms with E-state index in [1.54, 1.807) is 22.9 Å². The Balaban J connectivity index is 1.77. The van der Waals surface area contributed by atoms with Gasteiger partial charge in [0.15, 0.2) is 11.6 Å². The molecule has 0 aliphatic carbocycles. The molecule has 0 fully saturated rings. The third kappa shape index (κ3) is 3.57. The molecule has 0 aliphatic rings. The van der Waals surface area contributed by atoms with Crippen LogP contribution in [0.4, 0.5) is 10.2 Å². The van der Waals surface area contributed by atoms with Gasteiger partial charge in [0.1, 0.15) is 12.1 Å². The molecule has 0 spiro atoms. The number of halogens is 1. The quantitative estimate of drug-likeness (QED) is 0.594. The summed E-state index contributed by atoms with van der Waals surface area (Å²) >= 11 is 0. The molecule has 116 valence electrons. The third-order valence-corrected chi connectivity index (χ3v) is 3.12. The molecule has 0 amide bonds. The van der Waals surface area contributed by atoms with Crippen LogP contribution >= 0.6 is 0 Å². The first-order valence-electron chi connectivity index (χ1n) is 7.02. The summed E-state index contributed by atoms with van der Waals surface area (Å²) in [6.45, 7) is 3.88. The summed E-state index contributed by atoms with van der Waals surface area (Å²) in [5, 5.41) is 8.43. The highest BCUT2D eigenvalue weighted by molar-refractivity contribution is 5.80. The number of aromatic nitrogens is 4. The van der Waals surface area contributed by atoms with Gasteiger partial charge < -0.3 is 0 Å². The Morgan fingerprint density at radius 3 is 2.78 bits per heavy atom. The van der Waals surface area contributed by atoms with Gasteiger partial charge in [-0.2, -0.15) is 10.2 Å². The first kappa shape index (κ1) is 14.8. The maximum absolute atomic E-state index is 13.1. The number of nitrogens with zero attached hydrogens (tertiary/aromatic N) is 5. The van der Waals surface area contributed by atoms with E-state index in [9.17, 15) is 4.39 Å². The summed E-state index contributed by atoms with van der Waals surface area (Å²) in [6, 6.07) is 9.87. The van der Waals surface area contributed by atoms with Gasteiger partial charge in [-0.1, -0.05) is 12.1 Å². The maximum Gasteiger partial charge on any atom is 0.159 e. The van der Waals surface area contributed by atoms with Gasteiger partial charge in [-0.3, -0.25) is 5.43 Å². The molecular weight excluding hydrogens is 295 g/mol. The fraction of sp³-hybridized carbons (Fsp3) is 0.125. The molecule has 2 heterocycles. The molecule has 23 heavy (non-hydrogen) atoms. The van der Waals surface area contributed by atoms with E-state index in [0.717, 1.165) is 11.4 Å². The SMILES string of the molecule is Cc1cc(C)n(-c2cc(N/N=C\c3cccc(F)c3)ncn2)n1. The predicted molar refractivity (Wildman–Crippen MR) is 86.2 cm³/mol. The zero-order valence-electron chi connectivity index (χ0n) is 12.7. The summed E-state index contributed by atoms with van der Waals surface area (Å²) in [5.74, 6) is 0.868. The second kappa shape index (κ2) is 6.35. The Kier molecular flexibility index (Phi) is 4.09. The Bertz CT molecular complexity index is 855. The highest BCUT2D eigenvalue weighted by atomic mass is 19.1. The van der Waals surface area contributed by atoms with Gasteiger partial charge in [0.05, 0.1) is 11.9 Å². The van der Waals surface area contributed by atoms with Crippen molar-refractivity contribution >= 4 is 12.0 Å². The van der Waals surface area contributed by atoms with Crippen molar-refractivity contribution in [3.63, 3.8) is 0 Å². The molecule has 0 aliphatic heterocycles. The number of hydrogen-bond acceptors (Lipinski definition) is 5. The van der Waals surface area contributed by atoms with Gasteiger partial charge in [-0.25, -0.2) is 19.0 Å². The molecule has 7 heteroatoms. The summed E-state index contributed by atoms with van der Waals surface area (Å²) < 4.78 is 14.8. The molecule has 0 saturated heterocycles. The number of hydrogen-bond donors (Lipinski definition) is 1. The minimum Gasteiger partial charge on any atom is -0.261 e. The van der Waals surface area contributed by atoms with Crippen molar-refractivity contribution in [3.05, 3.63) is 65.5 Å². The Morgan fingerprint density at radius 2 is 2.04 bits per heavy atom. The largest absolute Gasteiger partial charge is 0.261 e. The number of benzene rings is 1. The lowest BCUT2D eigenvalue weighted by Gasteiger charge is -2.04. The summed E-state index contributed by atoms with van der Waals surface area (Å²) in [5.41, 5.74) is 5.36. The number of hydrazone groups is 1. The molecule has 0 bridgehead atoms. The van der Waals surface area contributed by atoms with E-state index in [4.69, 9.17) is 0 Å². The molecule has 3 rings (SSSR count). The average molecular weight is 310 g/mol. The fourth-order valence-corrected chi connectivity index (χ4v) is 2.14. The lowest BCUT2D eigenvalue weighted by Crippen LogP contribution is -2.04.